The van der Waals surface area contributed by atoms with Crippen molar-refractivity contribution in [2.24, 2.45) is 0 Å². The summed E-state index contributed by atoms with van der Waals surface area (Å²) in [5.74, 6) is -0.344. The average Bonchev–Trinajstić information content (AvgIpc) is 3.00. The maximum Gasteiger partial charge on any atom is 0.344 e. The molecule has 1 amide bonds. The van der Waals surface area contributed by atoms with Crippen LogP contribution in [-0.4, -0.2) is 46.1 Å². The lowest BCUT2D eigenvalue weighted by Crippen LogP contribution is -2.34. The molecule has 1 unspecified atom stereocenters. The highest BCUT2D eigenvalue weighted by Gasteiger charge is 2.21. The number of amides is 1. The molecule has 3 aromatic carbocycles. The fraction of sp³-hybridized carbons (Fsp3) is 0.265. The summed E-state index contributed by atoms with van der Waals surface area (Å²) < 4.78 is 5.67. The van der Waals surface area contributed by atoms with Gasteiger partial charge in [-0.05, 0) is 66.6 Å². The monoisotopic (exact) mass is 536 g/mol. The van der Waals surface area contributed by atoms with Crippen molar-refractivity contribution in [3.63, 3.8) is 0 Å². The van der Waals surface area contributed by atoms with E-state index in [0.717, 1.165) is 24.8 Å². The van der Waals surface area contributed by atoms with Crippen LogP contribution in [0.3, 0.4) is 0 Å². The number of benzene rings is 3. The molecule has 4 aromatic rings. The summed E-state index contributed by atoms with van der Waals surface area (Å²) in [5.41, 5.74) is 3.92. The van der Waals surface area contributed by atoms with Gasteiger partial charge in [-0.25, -0.2) is 4.79 Å². The highest BCUT2D eigenvalue weighted by Crippen LogP contribution is 2.28. The quantitative estimate of drug-likeness (QED) is 0.196. The number of aromatic nitrogens is 1. The third-order valence-electron chi connectivity index (χ3n) is 6.98. The zero-order valence-electron chi connectivity index (χ0n) is 22.9. The predicted molar refractivity (Wildman–Crippen MR) is 157 cm³/mol. The van der Waals surface area contributed by atoms with Gasteiger partial charge >= 0.3 is 5.97 Å². The molecule has 0 bridgehead atoms. The minimum absolute atomic E-state index is 0.0789. The van der Waals surface area contributed by atoms with Crippen molar-refractivity contribution in [2.45, 2.75) is 44.6 Å². The molecule has 1 aromatic heterocycles. The van der Waals surface area contributed by atoms with Crippen molar-refractivity contribution in [3.8, 4) is 5.75 Å². The molecule has 0 spiro atoms. The molecule has 0 saturated carbocycles. The largest absolute Gasteiger partial charge is 0.479 e. The Balaban J connectivity index is 1.47. The minimum atomic E-state index is -0.971. The lowest BCUT2D eigenvalue weighted by Gasteiger charge is -2.26. The molecular weight excluding hydrogens is 500 g/mol. The molecule has 1 N–H and O–H groups in total. The van der Waals surface area contributed by atoms with Gasteiger partial charge in [0.05, 0.1) is 0 Å². The van der Waals surface area contributed by atoms with E-state index in [9.17, 15) is 14.7 Å². The van der Waals surface area contributed by atoms with Gasteiger partial charge < -0.3 is 14.7 Å². The Hall–Kier alpha value is -4.45. The standard InChI is InChI=1S/C34H36N2O4/c1-2-32(34(38)39)40-29-19-11-13-26(25-29)14-12-23-36(33(37)31-20-9-10-22-35-31)24-21-30(27-15-5-3-6-16-27)28-17-7-4-8-18-28/h3-11,13,15-20,22,25,30,32H,2,12,14,21,23-24H2,1H3,(H,38,39). The van der Waals surface area contributed by atoms with E-state index in [1.54, 1.807) is 25.3 Å². The van der Waals surface area contributed by atoms with E-state index in [4.69, 9.17) is 4.74 Å². The van der Waals surface area contributed by atoms with Crippen molar-refractivity contribution in [2.75, 3.05) is 13.1 Å². The average molecular weight is 537 g/mol. The SMILES string of the molecule is CCC(Oc1cccc(CCCN(CCC(c2ccccc2)c2ccccc2)C(=O)c2ccccn2)c1)C(=O)O. The number of pyridine rings is 1. The van der Waals surface area contributed by atoms with E-state index in [0.29, 0.717) is 31.0 Å². The molecule has 6 heteroatoms. The predicted octanol–water partition coefficient (Wildman–Crippen LogP) is 6.62. The number of carboxylic acids is 1. The Morgan fingerprint density at radius 3 is 2.12 bits per heavy atom. The van der Waals surface area contributed by atoms with Gasteiger partial charge in [-0.3, -0.25) is 9.78 Å². The number of rotatable bonds is 14. The first-order valence-corrected chi connectivity index (χ1v) is 13.8. The van der Waals surface area contributed by atoms with Crippen LogP contribution in [0.1, 0.15) is 59.3 Å². The number of nitrogens with zero attached hydrogens (tertiary/aromatic N) is 2. The van der Waals surface area contributed by atoms with E-state index < -0.39 is 12.1 Å². The summed E-state index contributed by atoms with van der Waals surface area (Å²) in [7, 11) is 0. The first kappa shape index (κ1) is 28.6. The van der Waals surface area contributed by atoms with Crippen molar-refractivity contribution in [1.82, 2.24) is 9.88 Å². The minimum Gasteiger partial charge on any atom is -0.479 e. The summed E-state index contributed by atoms with van der Waals surface area (Å²) in [5, 5.41) is 9.32. The summed E-state index contributed by atoms with van der Waals surface area (Å²) in [4.78, 5) is 31.1. The summed E-state index contributed by atoms with van der Waals surface area (Å²) in [6, 6.07) is 33.8. The van der Waals surface area contributed by atoms with Crippen molar-refractivity contribution in [3.05, 3.63) is 132 Å². The summed E-state index contributed by atoms with van der Waals surface area (Å²) in [6.45, 7) is 2.95. The molecule has 206 valence electrons. The van der Waals surface area contributed by atoms with E-state index in [1.807, 2.05) is 47.4 Å². The number of ether oxygens (including phenoxy) is 1. The van der Waals surface area contributed by atoms with E-state index in [2.05, 4.69) is 53.5 Å². The van der Waals surface area contributed by atoms with Gasteiger partial charge in [0.15, 0.2) is 6.10 Å². The number of aryl methyl sites for hydroxylation is 1. The Morgan fingerprint density at radius 2 is 1.52 bits per heavy atom. The maximum atomic E-state index is 13.5. The second kappa shape index (κ2) is 14.6. The number of hydrogen-bond acceptors (Lipinski definition) is 4. The first-order valence-electron chi connectivity index (χ1n) is 13.8. The van der Waals surface area contributed by atoms with Gasteiger partial charge in [0, 0.05) is 25.2 Å². The van der Waals surface area contributed by atoms with Crippen LogP contribution in [-0.2, 0) is 11.2 Å². The lowest BCUT2D eigenvalue weighted by atomic mass is 9.88. The molecule has 0 saturated heterocycles. The molecule has 1 heterocycles. The van der Waals surface area contributed by atoms with E-state index in [1.165, 1.54) is 11.1 Å². The van der Waals surface area contributed by atoms with Crippen molar-refractivity contribution >= 4 is 11.9 Å². The van der Waals surface area contributed by atoms with Crippen LogP contribution in [0.4, 0.5) is 0 Å². The van der Waals surface area contributed by atoms with Gasteiger partial charge in [0.2, 0.25) is 0 Å². The molecular formula is C34H36N2O4. The zero-order valence-corrected chi connectivity index (χ0v) is 22.9. The van der Waals surface area contributed by atoms with Crippen LogP contribution in [0, 0.1) is 0 Å². The summed E-state index contributed by atoms with van der Waals surface area (Å²) in [6.07, 6.45) is 3.42. The second-order valence-electron chi connectivity index (χ2n) is 9.77. The van der Waals surface area contributed by atoms with Gasteiger partial charge in [-0.15, -0.1) is 0 Å². The molecule has 0 radical (unpaired) electrons. The fourth-order valence-electron chi connectivity index (χ4n) is 4.87. The third-order valence-corrected chi connectivity index (χ3v) is 6.98. The molecule has 6 nitrogen and oxygen atoms in total. The van der Waals surface area contributed by atoms with Gasteiger partial charge in [-0.2, -0.15) is 0 Å². The number of hydrogen-bond donors (Lipinski definition) is 1. The Bertz CT molecular complexity index is 1310. The molecule has 1 atom stereocenters. The zero-order chi connectivity index (χ0) is 28.2. The van der Waals surface area contributed by atoms with Crippen LogP contribution in [0.5, 0.6) is 5.75 Å². The lowest BCUT2D eigenvalue weighted by molar-refractivity contribution is -0.145. The van der Waals surface area contributed by atoms with E-state index >= 15 is 0 Å². The topological polar surface area (TPSA) is 79.7 Å². The van der Waals surface area contributed by atoms with E-state index in [-0.39, 0.29) is 11.8 Å². The highest BCUT2D eigenvalue weighted by molar-refractivity contribution is 5.92. The summed E-state index contributed by atoms with van der Waals surface area (Å²) >= 11 is 0. The second-order valence-corrected chi connectivity index (χ2v) is 9.77. The molecule has 0 aliphatic rings. The van der Waals surface area contributed by atoms with Crippen LogP contribution < -0.4 is 4.74 Å². The van der Waals surface area contributed by atoms with Crippen LogP contribution >= 0.6 is 0 Å². The molecule has 4 rings (SSSR count). The number of aliphatic carboxylic acids is 1. The van der Waals surface area contributed by atoms with Crippen LogP contribution in [0.25, 0.3) is 0 Å². The van der Waals surface area contributed by atoms with Crippen LogP contribution in [0.2, 0.25) is 0 Å². The smallest absolute Gasteiger partial charge is 0.344 e. The molecule has 0 aliphatic heterocycles. The number of carbonyl (C=O) groups is 2. The fourth-order valence-corrected chi connectivity index (χ4v) is 4.87. The normalized spacial score (nSPS) is 11.7. The Kier molecular flexibility index (Phi) is 10.4. The van der Waals surface area contributed by atoms with Crippen molar-refractivity contribution in [1.29, 1.82) is 0 Å². The van der Waals surface area contributed by atoms with Crippen LogP contribution in [0.15, 0.2) is 109 Å². The number of carboxylic acid groups (broad SMARTS) is 1. The molecule has 40 heavy (non-hydrogen) atoms. The highest BCUT2D eigenvalue weighted by atomic mass is 16.5. The first-order chi connectivity index (χ1) is 19.5. The van der Waals surface area contributed by atoms with Gasteiger partial charge in [0.1, 0.15) is 11.4 Å². The third kappa shape index (κ3) is 8.03. The van der Waals surface area contributed by atoms with Gasteiger partial charge in [0.25, 0.3) is 5.91 Å². The maximum absolute atomic E-state index is 13.5. The Labute approximate surface area is 236 Å². The number of carbonyl (C=O) groups excluding carboxylic acids is 1. The molecule has 0 aliphatic carbocycles. The molecule has 0 fully saturated rings. The van der Waals surface area contributed by atoms with Crippen molar-refractivity contribution < 1.29 is 19.4 Å². The Morgan fingerprint density at radius 1 is 0.850 bits per heavy atom. The van der Waals surface area contributed by atoms with Gasteiger partial charge in [-0.1, -0.05) is 85.8 Å².